The van der Waals surface area contributed by atoms with E-state index in [-0.39, 0.29) is 0 Å². The molecule has 0 spiro atoms. The molecule has 1 nitrogen and oxygen atoms in total. The Kier molecular flexibility index (Phi) is 4.42. The van der Waals surface area contributed by atoms with Gasteiger partial charge in [0.1, 0.15) is 6.10 Å². The summed E-state index contributed by atoms with van der Waals surface area (Å²) in [4.78, 5) is 0. The monoisotopic (exact) mass is 418 g/mol. The van der Waals surface area contributed by atoms with Crippen LogP contribution in [0, 0.1) is 0 Å². The molecule has 0 fully saturated rings. The van der Waals surface area contributed by atoms with Gasteiger partial charge in [0, 0.05) is 13.4 Å². The van der Waals surface area contributed by atoms with E-state index in [0.29, 0.717) is 0 Å². The van der Waals surface area contributed by atoms with Crippen molar-refractivity contribution in [3.63, 3.8) is 0 Å². The molecule has 0 aliphatic heterocycles. The molecule has 0 amide bonds. The number of halogens is 3. The molecule has 1 unspecified atom stereocenters. The summed E-state index contributed by atoms with van der Waals surface area (Å²) in [6, 6.07) is 13.4. The van der Waals surface area contributed by atoms with Crippen molar-refractivity contribution < 1.29 is 5.11 Å². The fourth-order valence-corrected chi connectivity index (χ4v) is 3.16. The largest absolute Gasteiger partial charge is 0.384 e. The molecular formula is C13H9Br3O. The van der Waals surface area contributed by atoms with Crippen LogP contribution in [0.25, 0.3) is 0 Å². The van der Waals surface area contributed by atoms with Crippen molar-refractivity contribution in [2.45, 2.75) is 6.10 Å². The molecule has 0 saturated heterocycles. The molecular weight excluding hydrogens is 412 g/mol. The molecule has 0 saturated carbocycles. The summed E-state index contributed by atoms with van der Waals surface area (Å²) in [6.07, 6.45) is -0.614. The predicted octanol–water partition coefficient (Wildman–Crippen LogP) is 5.06. The predicted molar refractivity (Wildman–Crippen MR) is 80.0 cm³/mol. The van der Waals surface area contributed by atoms with Gasteiger partial charge in [-0.2, -0.15) is 0 Å². The molecule has 17 heavy (non-hydrogen) atoms. The summed E-state index contributed by atoms with van der Waals surface area (Å²) in [5.41, 5.74) is 1.73. The SMILES string of the molecule is OC(c1ccc(Br)cc1)c1cc(Br)cc(Br)c1. The Bertz CT molecular complexity index is 502. The lowest BCUT2D eigenvalue weighted by molar-refractivity contribution is 0.220. The third-order valence-electron chi connectivity index (χ3n) is 2.39. The molecule has 2 aromatic rings. The second kappa shape index (κ2) is 5.65. The zero-order chi connectivity index (χ0) is 12.4. The molecule has 88 valence electrons. The minimum atomic E-state index is -0.614. The molecule has 2 aromatic carbocycles. The van der Waals surface area contributed by atoms with Crippen LogP contribution in [0.1, 0.15) is 17.2 Å². The first kappa shape index (κ1) is 13.3. The van der Waals surface area contributed by atoms with Crippen molar-refractivity contribution >= 4 is 47.8 Å². The average Bonchev–Trinajstić information content (AvgIpc) is 2.28. The zero-order valence-electron chi connectivity index (χ0n) is 8.70. The molecule has 1 N–H and O–H groups in total. The van der Waals surface area contributed by atoms with Crippen molar-refractivity contribution in [3.05, 3.63) is 67.0 Å². The smallest absolute Gasteiger partial charge is 0.104 e. The Balaban J connectivity index is 2.36. The Labute approximate surface area is 125 Å². The maximum Gasteiger partial charge on any atom is 0.104 e. The molecule has 0 aliphatic rings. The molecule has 0 heterocycles. The first-order valence-electron chi connectivity index (χ1n) is 4.96. The summed E-state index contributed by atoms with van der Waals surface area (Å²) >= 11 is 10.2. The third kappa shape index (κ3) is 3.41. The maximum absolute atomic E-state index is 10.3. The van der Waals surface area contributed by atoms with E-state index in [2.05, 4.69) is 47.8 Å². The van der Waals surface area contributed by atoms with Crippen LogP contribution >= 0.6 is 47.8 Å². The van der Waals surface area contributed by atoms with Crippen LogP contribution in [0.4, 0.5) is 0 Å². The van der Waals surface area contributed by atoms with Crippen molar-refractivity contribution in [1.82, 2.24) is 0 Å². The highest BCUT2D eigenvalue weighted by molar-refractivity contribution is 9.11. The van der Waals surface area contributed by atoms with Gasteiger partial charge in [-0.25, -0.2) is 0 Å². The number of benzene rings is 2. The van der Waals surface area contributed by atoms with E-state index in [1.807, 2.05) is 42.5 Å². The highest BCUT2D eigenvalue weighted by atomic mass is 79.9. The minimum absolute atomic E-state index is 0.614. The molecule has 4 heteroatoms. The fourth-order valence-electron chi connectivity index (χ4n) is 1.57. The van der Waals surface area contributed by atoms with E-state index < -0.39 is 6.10 Å². The van der Waals surface area contributed by atoms with Gasteiger partial charge < -0.3 is 5.11 Å². The number of rotatable bonds is 2. The maximum atomic E-state index is 10.3. The first-order chi connectivity index (χ1) is 8.06. The Morgan fingerprint density at radius 3 is 1.76 bits per heavy atom. The lowest BCUT2D eigenvalue weighted by Crippen LogP contribution is -1.99. The van der Waals surface area contributed by atoms with Crippen LogP contribution < -0.4 is 0 Å². The Morgan fingerprint density at radius 2 is 1.24 bits per heavy atom. The summed E-state index contributed by atoms with van der Waals surface area (Å²) in [6.45, 7) is 0. The summed E-state index contributed by atoms with van der Waals surface area (Å²) in [7, 11) is 0. The summed E-state index contributed by atoms with van der Waals surface area (Å²) in [5, 5.41) is 10.3. The molecule has 0 radical (unpaired) electrons. The number of hydrogen-bond acceptors (Lipinski definition) is 1. The van der Waals surface area contributed by atoms with Crippen molar-refractivity contribution in [3.8, 4) is 0 Å². The van der Waals surface area contributed by atoms with Gasteiger partial charge in [0.25, 0.3) is 0 Å². The Morgan fingerprint density at radius 1 is 0.706 bits per heavy atom. The quantitative estimate of drug-likeness (QED) is 0.720. The summed E-state index contributed by atoms with van der Waals surface area (Å²) < 4.78 is 2.89. The van der Waals surface area contributed by atoms with Crippen LogP contribution in [-0.2, 0) is 0 Å². The van der Waals surface area contributed by atoms with E-state index >= 15 is 0 Å². The minimum Gasteiger partial charge on any atom is -0.384 e. The van der Waals surface area contributed by atoms with E-state index in [4.69, 9.17) is 0 Å². The van der Waals surface area contributed by atoms with Gasteiger partial charge in [-0.3, -0.25) is 0 Å². The van der Waals surface area contributed by atoms with E-state index in [1.165, 1.54) is 0 Å². The zero-order valence-corrected chi connectivity index (χ0v) is 13.5. The van der Waals surface area contributed by atoms with Crippen molar-refractivity contribution in [2.24, 2.45) is 0 Å². The molecule has 0 bridgehead atoms. The van der Waals surface area contributed by atoms with Crippen LogP contribution in [0.2, 0.25) is 0 Å². The molecule has 1 atom stereocenters. The lowest BCUT2D eigenvalue weighted by Gasteiger charge is -2.12. The van der Waals surface area contributed by atoms with E-state index in [9.17, 15) is 5.11 Å². The van der Waals surface area contributed by atoms with Gasteiger partial charge in [-0.15, -0.1) is 0 Å². The van der Waals surface area contributed by atoms with Gasteiger partial charge in [-0.05, 0) is 41.5 Å². The van der Waals surface area contributed by atoms with Gasteiger partial charge in [0.15, 0.2) is 0 Å². The second-order valence-electron chi connectivity index (χ2n) is 3.66. The molecule has 0 aromatic heterocycles. The number of hydrogen-bond donors (Lipinski definition) is 1. The van der Waals surface area contributed by atoms with Crippen LogP contribution in [0.3, 0.4) is 0 Å². The summed E-state index contributed by atoms with van der Waals surface area (Å²) in [5.74, 6) is 0. The standard InChI is InChI=1S/C13H9Br3O/c14-10-3-1-8(2-4-10)13(17)9-5-11(15)7-12(16)6-9/h1-7,13,17H. The lowest BCUT2D eigenvalue weighted by atomic mass is 10.0. The highest BCUT2D eigenvalue weighted by Crippen LogP contribution is 2.28. The van der Waals surface area contributed by atoms with Crippen molar-refractivity contribution in [1.29, 1.82) is 0 Å². The van der Waals surface area contributed by atoms with Gasteiger partial charge in [-0.1, -0.05) is 59.9 Å². The van der Waals surface area contributed by atoms with Gasteiger partial charge in [0.2, 0.25) is 0 Å². The second-order valence-corrected chi connectivity index (χ2v) is 6.40. The fraction of sp³-hybridized carbons (Fsp3) is 0.0769. The highest BCUT2D eigenvalue weighted by Gasteiger charge is 2.11. The molecule has 0 aliphatic carbocycles. The molecule has 2 rings (SSSR count). The van der Waals surface area contributed by atoms with Gasteiger partial charge in [0.05, 0.1) is 0 Å². The van der Waals surface area contributed by atoms with Crippen LogP contribution in [-0.4, -0.2) is 5.11 Å². The van der Waals surface area contributed by atoms with Crippen molar-refractivity contribution in [2.75, 3.05) is 0 Å². The average molecular weight is 421 g/mol. The van der Waals surface area contributed by atoms with Crippen LogP contribution in [0.15, 0.2) is 55.9 Å². The van der Waals surface area contributed by atoms with E-state index in [0.717, 1.165) is 24.5 Å². The third-order valence-corrected chi connectivity index (χ3v) is 3.83. The van der Waals surface area contributed by atoms with E-state index in [1.54, 1.807) is 0 Å². The number of aliphatic hydroxyl groups is 1. The van der Waals surface area contributed by atoms with Crippen LogP contribution in [0.5, 0.6) is 0 Å². The topological polar surface area (TPSA) is 20.2 Å². The number of aliphatic hydroxyl groups excluding tert-OH is 1. The normalized spacial score (nSPS) is 12.5. The van der Waals surface area contributed by atoms with Gasteiger partial charge >= 0.3 is 0 Å². The first-order valence-corrected chi connectivity index (χ1v) is 7.33. The Hall–Kier alpha value is -0.160.